The van der Waals surface area contributed by atoms with Crippen LogP contribution < -0.4 is 28.4 Å². The Kier molecular flexibility index (Phi) is 10.2. The maximum atomic E-state index is 13.8. The van der Waals surface area contributed by atoms with Gasteiger partial charge in [-0.05, 0) is 91.9 Å². The average Bonchev–Trinajstić information content (AvgIpc) is 2.91. The quantitative estimate of drug-likeness (QED) is 0.262. The molecular formula is C29H34Br2O7. The number of ether oxygens (including phenoxy) is 6. The van der Waals surface area contributed by atoms with Crippen molar-refractivity contribution in [2.75, 3.05) is 42.7 Å². The van der Waals surface area contributed by atoms with Gasteiger partial charge >= 0.3 is 0 Å². The van der Waals surface area contributed by atoms with Crippen LogP contribution in [0, 0.1) is 11.8 Å². The van der Waals surface area contributed by atoms with Gasteiger partial charge in [0.15, 0.2) is 28.8 Å². The highest BCUT2D eigenvalue weighted by molar-refractivity contribution is 9.11. The summed E-state index contributed by atoms with van der Waals surface area (Å²) in [6, 6.07) is 3.67. The van der Waals surface area contributed by atoms with Gasteiger partial charge in [0.25, 0.3) is 0 Å². The minimum atomic E-state index is -0.0109. The minimum absolute atomic E-state index is 0.0109. The van der Waals surface area contributed by atoms with Crippen LogP contribution in [0.2, 0.25) is 0 Å². The van der Waals surface area contributed by atoms with Crippen LogP contribution in [-0.4, -0.2) is 48.4 Å². The molecule has 1 aliphatic carbocycles. The normalized spacial score (nSPS) is 17.7. The lowest BCUT2D eigenvalue weighted by atomic mass is 9.75. The third-order valence-corrected chi connectivity index (χ3v) is 8.38. The summed E-state index contributed by atoms with van der Waals surface area (Å²) in [5.41, 5.74) is 2.95. The molecule has 9 heteroatoms. The van der Waals surface area contributed by atoms with Crippen LogP contribution in [0.5, 0.6) is 34.5 Å². The molecule has 0 aromatic heterocycles. The van der Waals surface area contributed by atoms with Crippen LogP contribution in [-0.2, 0) is 4.79 Å². The van der Waals surface area contributed by atoms with E-state index >= 15 is 0 Å². The summed E-state index contributed by atoms with van der Waals surface area (Å²) in [4.78, 5) is 13.8. The van der Waals surface area contributed by atoms with Crippen LogP contribution >= 0.6 is 31.9 Å². The van der Waals surface area contributed by atoms with Gasteiger partial charge in [-0.1, -0.05) is 13.8 Å². The lowest BCUT2D eigenvalue weighted by Gasteiger charge is -2.29. The summed E-state index contributed by atoms with van der Waals surface area (Å²) in [6.07, 6.45) is 5.13. The monoisotopic (exact) mass is 652 g/mol. The largest absolute Gasteiger partial charge is 0.493 e. The number of rotatable bonds is 9. The van der Waals surface area contributed by atoms with E-state index in [-0.39, 0.29) is 11.7 Å². The summed E-state index contributed by atoms with van der Waals surface area (Å²) in [6.45, 7) is 4.36. The Balaban J connectivity index is 2.18. The molecule has 38 heavy (non-hydrogen) atoms. The first-order valence-electron chi connectivity index (χ1n) is 12.1. The molecule has 1 aliphatic rings. The molecule has 1 saturated carbocycles. The number of carbonyl (C=O) groups excluding carboxylic acids is 1. The van der Waals surface area contributed by atoms with E-state index in [4.69, 9.17) is 28.4 Å². The van der Waals surface area contributed by atoms with Crippen molar-refractivity contribution in [2.45, 2.75) is 26.7 Å². The summed E-state index contributed by atoms with van der Waals surface area (Å²) >= 11 is 7.27. The fraction of sp³-hybridized carbons (Fsp3) is 0.414. The molecule has 0 saturated heterocycles. The molecule has 0 unspecified atom stereocenters. The molecule has 1 fully saturated rings. The Hall–Kier alpha value is -2.65. The molecule has 0 atom stereocenters. The highest BCUT2D eigenvalue weighted by Gasteiger charge is 2.31. The van der Waals surface area contributed by atoms with Crippen molar-refractivity contribution in [2.24, 2.45) is 11.8 Å². The van der Waals surface area contributed by atoms with Crippen LogP contribution in [0.15, 0.2) is 32.2 Å². The average molecular weight is 654 g/mol. The zero-order chi connectivity index (χ0) is 28.1. The molecule has 7 nitrogen and oxygen atoms in total. The van der Waals surface area contributed by atoms with E-state index in [0.717, 1.165) is 11.1 Å². The van der Waals surface area contributed by atoms with Gasteiger partial charge in [0.2, 0.25) is 11.5 Å². The number of carbonyl (C=O) groups is 1. The van der Waals surface area contributed by atoms with Crippen molar-refractivity contribution >= 4 is 49.8 Å². The van der Waals surface area contributed by atoms with Gasteiger partial charge in [0.1, 0.15) is 0 Å². The number of allylic oxidation sites excluding steroid dienone is 2. The van der Waals surface area contributed by atoms with E-state index in [9.17, 15) is 4.79 Å². The predicted molar refractivity (Wildman–Crippen MR) is 156 cm³/mol. The third kappa shape index (κ3) is 5.83. The second-order valence-corrected chi connectivity index (χ2v) is 10.8. The first kappa shape index (κ1) is 29.9. The molecular weight excluding hydrogens is 620 g/mol. The van der Waals surface area contributed by atoms with Crippen LogP contribution in [0.3, 0.4) is 0 Å². The lowest BCUT2D eigenvalue weighted by Crippen LogP contribution is -2.23. The second-order valence-electron chi connectivity index (χ2n) is 9.18. The van der Waals surface area contributed by atoms with Gasteiger partial charge in [-0.2, -0.15) is 0 Å². The summed E-state index contributed by atoms with van der Waals surface area (Å²) in [5, 5.41) is 0. The van der Waals surface area contributed by atoms with Crippen molar-refractivity contribution in [3.05, 3.63) is 43.4 Å². The fourth-order valence-electron chi connectivity index (χ4n) is 4.61. The van der Waals surface area contributed by atoms with Crippen molar-refractivity contribution < 1.29 is 33.2 Å². The Bertz CT molecular complexity index is 1170. The Morgan fingerprint density at radius 3 is 1.34 bits per heavy atom. The highest BCUT2D eigenvalue weighted by atomic mass is 79.9. The fourth-order valence-corrected chi connectivity index (χ4v) is 5.76. The molecule has 0 aliphatic heterocycles. The zero-order valence-corrected chi connectivity index (χ0v) is 26.2. The van der Waals surface area contributed by atoms with Gasteiger partial charge in [-0.15, -0.1) is 0 Å². The highest BCUT2D eigenvalue weighted by Crippen LogP contribution is 2.48. The first-order chi connectivity index (χ1) is 18.1. The van der Waals surface area contributed by atoms with Crippen LogP contribution in [0.1, 0.15) is 37.8 Å². The van der Waals surface area contributed by atoms with Crippen molar-refractivity contribution in [3.63, 3.8) is 0 Å². The maximum Gasteiger partial charge on any atom is 0.204 e. The molecule has 206 valence electrons. The van der Waals surface area contributed by atoms with Crippen LogP contribution in [0.4, 0.5) is 0 Å². The summed E-state index contributed by atoms with van der Waals surface area (Å²) in [5.74, 6) is 3.63. The molecule has 0 bridgehead atoms. The summed E-state index contributed by atoms with van der Waals surface area (Å²) in [7, 11) is 9.38. The standard InChI is InChI=1S/C29H34Br2O7/c1-15(2)16-9-19(11-17-13-21(33-3)26(35-5)28(37-7)23(17)30)25(32)20(10-16)12-18-14-22(34-4)27(36-6)29(38-8)24(18)31/h11-16H,9-10H2,1-8H3/b19-11+,20-12+. The predicted octanol–water partition coefficient (Wildman–Crippen LogP) is 7.37. The molecule has 0 spiro atoms. The summed E-state index contributed by atoms with van der Waals surface area (Å²) < 4.78 is 34.6. The third-order valence-electron chi connectivity index (χ3n) is 6.74. The first-order valence-corrected chi connectivity index (χ1v) is 13.7. The number of ketones is 1. The van der Waals surface area contributed by atoms with E-state index < -0.39 is 0 Å². The smallest absolute Gasteiger partial charge is 0.204 e. The Morgan fingerprint density at radius 2 is 1.05 bits per heavy atom. The number of hydrogen-bond acceptors (Lipinski definition) is 7. The van der Waals surface area contributed by atoms with Crippen LogP contribution in [0.25, 0.3) is 12.2 Å². The van der Waals surface area contributed by atoms with Gasteiger partial charge < -0.3 is 28.4 Å². The number of halogens is 2. The van der Waals surface area contributed by atoms with E-state index in [1.807, 2.05) is 24.3 Å². The zero-order valence-electron chi connectivity index (χ0n) is 23.0. The molecule has 0 N–H and O–H groups in total. The van der Waals surface area contributed by atoms with Crippen molar-refractivity contribution in [1.82, 2.24) is 0 Å². The van der Waals surface area contributed by atoms with Crippen molar-refractivity contribution in [1.29, 1.82) is 0 Å². The van der Waals surface area contributed by atoms with Gasteiger partial charge in [0.05, 0.1) is 51.6 Å². The second kappa shape index (κ2) is 12.9. The minimum Gasteiger partial charge on any atom is -0.493 e. The van der Waals surface area contributed by atoms with E-state index in [0.29, 0.717) is 73.3 Å². The molecule has 0 heterocycles. The molecule has 2 aromatic carbocycles. The molecule has 2 aromatic rings. The topological polar surface area (TPSA) is 72.5 Å². The van der Waals surface area contributed by atoms with E-state index in [1.54, 1.807) is 42.7 Å². The van der Waals surface area contributed by atoms with Crippen molar-refractivity contribution in [3.8, 4) is 34.5 Å². The van der Waals surface area contributed by atoms with E-state index in [1.165, 1.54) is 0 Å². The molecule has 0 radical (unpaired) electrons. The SMILES string of the molecule is COc1cc(/C=C2\CC(C(C)C)C/C(=C\c3cc(OC)c(OC)c(OC)c3Br)C2=O)c(Br)c(OC)c1OC. The van der Waals surface area contributed by atoms with E-state index in [2.05, 4.69) is 45.7 Å². The van der Waals surface area contributed by atoms with Gasteiger partial charge in [-0.25, -0.2) is 0 Å². The maximum absolute atomic E-state index is 13.8. The molecule has 3 rings (SSSR count). The Morgan fingerprint density at radius 1 is 0.684 bits per heavy atom. The lowest BCUT2D eigenvalue weighted by molar-refractivity contribution is -0.113. The number of hydrogen-bond donors (Lipinski definition) is 0. The number of methoxy groups -OCH3 is 6. The van der Waals surface area contributed by atoms with Gasteiger partial charge in [-0.3, -0.25) is 4.79 Å². The number of Topliss-reactive ketones (excluding diaryl/α,β-unsaturated/α-hetero) is 1. The Labute approximate surface area is 241 Å². The molecule has 0 amide bonds. The number of benzene rings is 2. The van der Waals surface area contributed by atoms with Gasteiger partial charge in [0, 0.05) is 11.1 Å².